The molecule has 1 aromatic heterocycles. The molecule has 0 aliphatic rings. The first-order valence-electron chi connectivity index (χ1n) is 8.87. The zero-order valence-corrected chi connectivity index (χ0v) is 16.3. The lowest BCUT2D eigenvalue weighted by molar-refractivity contribution is 0.102. The standard InChI is InChI=1S/C22H17N3O3S/c1-28-17-10-8-15(9-11-17)23-20(26)14-7-12-18-19(13-14)24-22(29)25(21(18)27)16-5-3-2-4-6-16/h2-13H,1H3,(H,23,26)(H,24,29). The van der Waals surface area contributed by atoms with Crippen molar-refractivity contribution in [1.82, 2.24) is 9.55 Å². The highest BCUT2D eigenvalue weighted by atomic mass is 32.1. The Morgan fingerprint density at radius 2 is 1.76 bits per heavy atom. The number of fused-ring (bicyclic) bond motifs is 1. The SMILES string of the molecule is COc1ccc(NC(=O)c2ccc3c(=O)n(-c4ccccc4)c(=S)[nH]c3c2)cc1. The van der Waals surface area contributed by atoms with Gasteiger partial charge in [0.25, 0.3) is 11.5 Å². The van der Waals surface area contributed by atoms with Gasteiger partial charge >= 0.3 is 0 Å². The molecule has 0 saturated carbocycles. The van der Waals surface area contributed by atoms with E-state index in [0.717, 1.165) is 0 Å². The van der Waals surface area contributed by atoms with Crippen molar-refractivity contribution in [3.05, 3.63) is 93.5 Å². The minimum atomic E-state index is -0.288. The fourth-order valence-electron chi connectivity index (χ4n) is 3.05. The minimum absolute atomic E-state index is 0.239. The number of carbonyl (C=O) groups is 1. The molecule has 0 saturated heterocycles. The van der Waals surface area contributed by atoms with E-state index in [0.29, 0.717) is 33.6 Å². The van der Waals surface area contributed by atoms with Gasteiger partial charge in [0.1, 0.15) is 5.75 Å². The van der Waals surface area contributed by atoms with Crippen LogP contribution in [-0.4, -0.2) is 22.6 Å². The molecule has 6 nitrogen and oxygen atoms in total. The number of para-hydroxylation sites is 1. The molecule has 4 rings (SSSR count). The van der Waals surface area contributed by atoms with Crippen LogP contribution in [0.4, 0.5) is 5.69 Å². The molecule has 2 N–H and O–H groups in total. The van der Waals surface area contributed by atoms with Crippen LogP contribution in [0.15, 0.2) is 77.6 Å². The summed E-state index contributed by atoms with van der Waals surface area (Å²) in [6, 6.07) is 21.1. The Morgan fingerprint density at radius 1 is 1.03 bits per heavy atom. The van der Waals surface area contributed by atoms with Gasteiger partial charge in [0.2, 0.25) is 0 Å². The summed E-state index contributed by atoms with van der Waals surface area (Å²) in [5, 5.41) is 3.27. The third-order valence-corrected chi connectivity index (χ3v) is 4.81. The molecule has 0 fully saturated rings. The molecule has 0 aliphatic carbocycles. The third kappa shape index (κ3) is 3.68. The number of H-pyrrole nitrogens is 1. The molecule has 29 heavy (non-hydrogen) atoms. The van der Waals surface area contributed by atoms with Crippen LogP contribution in [0.3, 0.4) is 0 Å². The number of methoxy groups -OCH3 is 1. The van der Waals surface area contributed by atoms with Crippen molar-refractivity contribution in [3.8, 4) is 11.4 Å². The van der Waals surface area contributed by atoms with E-state index in [4.69, 9.17) is 17.0 Å². The van der Waals surface area contributed by atoms with E-state index in [1.165, 1.54) is 4.57 Å². The summed E-state index contributed by atoms with van der Waals surface area (Å²) in [7, 11) is 1.58. The van der Waals surface area contributed by atoms with Gasteiger partial charge < -0.3 is 15.0 Å². The molecular weight excluding hydrogens is 386 g/mol. The second-order valence-corrected chi connectivity index (χ2v) is 6.74. The number of aromatic nitrogens is 2. The van der Waals surface area contributed by atoms with E-state index in [-0.39, 0.29) is 16.2 Å². The molecule has 144 valence electrons. The molecule has 0 unspecified atom stereocenters. The van der Waals surface area contributed by atoms with Crippen LogP contribution in [0.5, 0.6) is 5.75 Å². The number of carbonyl (C=O) groups excluding carboxylic acids is 1. The van der Waals surface area contributed by atoms with Crippen molar-refractivity contribution in [2.45, 2.75) is 0 Å². The van der Waals surface area contributed by atoms with E-state index in [9.17, 15) is 9.59 Å². The molecule has 0 spiro atoms. The second kappa shape index (κ2) is 7.73. The van der Waals surface area contributed by atoms with Crippen molar-refractivity contribution in [3.63, 3.8) is 0 Å². The van der Waals surface area contributed by atoms with Gasteiger partial charge in [0, 0.05) is 11.3 Å². The number of benzene rings is 3. The quantitative estimate of drug-likeness (QED) is 0.498. The van der Waals surface area contributed by atoms with Crippen LogP contribution < -0.4 is 15.6 Å². The summed E-state index contributed by atoms with van der Waals surface area (Å²) >= 11 is 5.38. The molecule has 4 aromatic rings. The fourth-order valence-corrected chi connectivity index (χ4v) is 3.35. The zero-order chi connectivity index (χ0) is 20.4. The molecule has 0 aliphatic heterocycles. The molecule has 0 radical (unpaired) electrons. The van der Waals surface area contributed by atoms with Crippen LogP contribution in [0.2, 0.25) is 0 Å². The normalized spacial score (nSPS) is 10.7. The predicted octanol–water partition coefficient (Wildman–Crippen LogP) is 4.31. The lowest BCUT2D eigenvalue weighted by Crippen LogP contribution is -2.21. The van der Waals surface area contributed by atoms with E-state index in [1.807, 2.05) is 30.3 Å². The van der Waals surface area contributed by atoms with Crippen molar-refractivity contribution < 1.29 is 9.53 Å². The highest BCUT2D eigenvalue weighted by Crippen LogP contribution is 2.17. The first-order chi connectivity index (χ1) is 14.1. The Hall–Kier alpha value is -3.71. The van der Waals surface area contributed by atoms with Crippen molar-refractivity contribution in [2.24, 2.45) is 0 Å². The molecular formula is C22H17N3O3S. The Balaban J connectivity index is 1.70. The summed E-state index contributed by atoms with van der Waals surface area (Å²) in [4.78, 5) is 28.6. The van der Waals surface area contributed by atoms with Gasteiger partial charge in [-0.25, -0.2) is 0 Å². The number of nitrogens with zero attached hydrogens (tertiary/aromatic N) is 1. The van der Waals surface area contributed by atoms with Crippen LogP contribution in [0, 0.1) is 4.77 Å². The van der Waals surface area contributed by atoms with E-state index in [1.54, 1.807) is 49.6 Å². The van der Waals surface area contributed by atoms with Crippen LogP contribution >= 0.6 is 12.2 Å². The zero-order valence-electron chi connectivity index (χ0n) is 15.5. The maximum Gasteiger partial charge on any atom is 0.266 e. The van der Waals surface area contributed by atoms with Crippen molar-refractivity contribution >= 4 is 34.7 Å². The number of hydrogen-bond acceptors (Lipinski definition) is 4. The van der Waals surface area contributed by atoms with Crippen LogP contribution in [-0.2, 0) is 0 Å². The molecule has 1 amide bonds. The summed E-state index contributed by atoms with van der Waals surface area (Å²) in [6.07, 6.45) is 0. The van der Waals surface area contributed by atoms with Gasteiger partial charge in [0.15, 0.2) is 4.77 Å². The first kappa shape index (κ1) is 18.6. The Morgan fingerprint density at radius 3 is 2.45 bits per heavy atom. The van der Waals surface area contributed by atoms with E-state index in [2.05, 4.69) is 10.3 Å². The maximum atomic E-state index is 12.9. The van der Waals surface area contributed by atoms with Gasteiger partial charge in [0.05, 0.1) is 23.7 Å². The van der Waals surface area contributed by atoms with E-state index >= 15 is 0 Å². The number of ether oxygens (including phenoxy) is 1. The van der Waals surface area contributed by atoms with Crippen LogP contribution in [0.25, 0.3) is 16.6 Å². The first-order valence-corrected chi connectivity index (χ1v) is 9.27. The predicted molar refractivity (Wildman–Crippen MR) is 116 cm³/mol. The average molecular weight is 403 g/mol. The van der Waals surface area contributed by atoms with Gasteiger partial charge in [-0.2, -0.15) is 0 Å². The summed E-state index contributed by atoms with van der Waals surface area (Å²) in [6.45, 7) is 0. The number of anilines is 1. The fraction of sp³-hybridized carbons (Fsp3) is 0.0455. The second-order valence-electron chi connectivity index (χ2n) is 6.35. The molecule has 1 heterocycles. The van der Waals surface area contributed by atoms with Gasteiger partial charge in [-0.05, 0) is 66.8 Å². The number of nitrogens with one attached hydrogen (secondary N) is 2. The van der Waals surface area contributed by atoms with Crippen molar-refractivity contribution in [1.29, 1.82) is 0 Å². The molecule has 0 atom stereocenters. The summed E-state index contributed by atoms with van der Waals surface area (Å²) < 4.78 is 6.82. The number of hydrogen-bond donors (Lipinski definition) is 2. The number of aromatic amines is 1. The van der Waals surface area contributed by atoms with Gasteiger partial charge in [-0.1, -0.05) is 18.2 Å². The smallest absolute Gasteiger partial charge is 0.266 e. The monoisotopic (exact) mass is 403 g/mol. The topological polar surface area (TPSA) is 76.1 Å². The van der Waals surface area contributed by atoms with Crippen LogP contribution in [0.1, 0.15) is 10.4 Å². The molecule has 7 heteroatoms. The summed E-state index contributed by atoms with van der Waals surface area (Å²) in [5.41, 5.74) is 2.01. The number of rotatable bonds is 4. The maximum absolute atomic E-state index is 12.9. The Labute approximate surface area is 171 Å². The highest BCUT2D eigenvalue weighted by Gasteiger charge is 2.11. The highest BCUT2D eigenvalue weighted by molar-refractivity contribution is 7.71. The minimum Gasteiger partial charge on any atom is -0.497 e. The summed E-state index contributed by atoms with van der Waals surface area (Å²) in [5.74, 6) is 0.416. The Kier molecular flexibility index (Phi) is 4.97. The van der Waals surface area contributed by atoms with Gasteiger partial charge in [-0.15, -0.1) is 0 Å². The molecule has 3 aromatic carbocycles. The van der Waals surface area contributed by atoms with Crippen molar-refractivity contribution in [2.75, 3.05) is 12.4 Å². The lowest BCUT2D eigenvalue weighted by Gasteiger charge is -2.10. The largest absolute Gasteiger partial charge is 0.497 e. The average Bonchev–Trinajstić information content (AvgIpc) is 2.74. The van der Waals surface area contributed by atoms with E-state index < -0.39 is 0 Å². The lowest BCUT2D eigenvalue weighted by atomic mass is 10.1. The van der Waals surface area contributed by atoms with Gasteiger partial charge in [-0.3, -0.25) is 14.2 Å². The number of amides is 1. The third-order valence-electron chi connectivity index (χ3n) is 4.52. The Bertz CT molecular complexity index is 1310. The molecule has 0 bridgehead atoms.